The smallest absolute Gasteiger partial charge is 0.302 e. The van der Waals surface area contributed by atoms with Gasteiger partial charge in [-0.05, 0) is 37.1 Å². The molecule has 1 amide bonds. The van der Waals surface area contributed by atoms with E-state index in [1.807, 2.05) is 0 Å². The predicted molar refractivity (Wildman–Crippen MR) is 105 cm³/mol. The summed E-state index contributed by atoms with van der Waals surface area (Å²) in [6.45, 7) is 0.0247. The summed E-state index contributed by atoms with van der Waals surface area (Å²) < 4.78 is 64.0. The van der Waals surface area contributed by atoms with Crippen LogP contribution in [0.2, 0.25) is 0 Å². The molecule has 0 bridgehead atoms. The maximum Gasteiger partial charge on any atom is 0.435 e. The number of sulfone groups is 1. The number of nitrogens with zero attached hydrogens (tertiary/aromatic N) is 3. The molecule has 0 atom stereocenters. The van der Waals surface area contributed by atoms with Crippen molar-refractivity contribution in [2.75, 3.05) is 11.6 Å². The number of hydrogen-bond donors (Lipinski definition) is 1. The first-order valence-corrected chi connectivity index (χ1v) is 11.8. The van der Waals surface area contributed by atoms with E-state index in [1.165, 1.54) is 16.8 Å². The van der Waals surface area contributed by atoms with Gasteiger partial charge in [-0.3, -0.25) is 9.48 Å². The molecular formula is C18H17F3N4O3S2. The summed E-state index contributed by atoms with van der Waals surface area (Å²) in [7, 11) is -3.36. The summed E-state index contributed by atoms with van der Waals surface area (Å²) in [5.74, 6) is -0.354. The van der Waals surface area contributed by atoms with Gasteiger partial charge in [0.15, 0.2) is 20.7 Å². The number of aromatic nitrogens is 3. The summed E-state index contributed by atoms with van der Waals surface area (Å²) in [6, 6.07) is 5.55. The van der Waals surface area contributed by atoms with Gasteiger partial charge < -0.3 is 5.32 Å². The predicted octanol–water partition coefficient (Wildman–Crippen LogP) is 3.82. The molecule has 3 aromatic rings. The first-order chi connectivity index (χ1) is 14.0. The minimum absolute atomic E-state index is 0.0247. The third-order valence-corrected chi connectivity index (χ3v) is 6.73. The van der Waals surface area contributed by atoms with Gasteiger partial charge in [0, 0.05) is 30.8 Å². The van der Waals surface area contributed by atoms with Crippen molar-refractivity contribution in [3.05, 3.63) is 35.7 Å². The molecule has 2 heterocycles. The zero-order valence-electron chi connectivity index (χ0n) is 15.7. The Morgan fingerprint density at radius 2 is 2.03 bits per heavy atom. The van der Waals surface area contributed by atoms with Crippen molar-refractivity contribution in [3.63, 3.8) is 0 Å². The van der Waals surface area contributed by atoms with E-state index in [-0.39, 0.29) is 23.8 Å². The van der Waals surface area contributed by atoms with Crippen LogP contribution in [-0.2, 0) is 27.4 Å². The van der Waals surface area contributed by atoms with Crippen molar-refractivity contribution >= 4 is 42.4 Å². The second kappa shape index (κ2) is 7.34. The summed E-state index contributed by atoms with van der Waals surface area (Å²) in [4.78, 5) is 16.7. The van der Waals surface area contributed by atoms with Gasteiger partial charge in [-0.2, -0.15) is 18.3 Å². The number of alkyl halides is 3. The number of amides is 1. The lowest BCUT2D eigenvalue weighted by atomic mass is 10.2. The Labute approximate surface area is 173 Å². The first kappa shape index (κ1) is 20.8. The van der Waals surface area contributed by atoms with Crippen molar-refractivity contribution in [1.29, 1.82) is 0 Å². The molecule has 30 heavy (non-hydrogen) atoms. The van der Waals surface area contributed by atoms with Crippen molar-refractivity contribution < 1.29 is 26.4 Å². The third-order valence-electron chi connectivity index (χ3n) is 4.68. The fourth-order valence-corrected chi connectivity index (χ4v) is 4.68. The lowest BCUT2D eigenvalue weighted by Gasteiger charge is -2.06. The largest absolute Gasteiger partial charge is 0.435 e. The number of carbonyl (C=O) groups excluding carboxylic acids is 1. The van der Waals surface area contributed by atoms with Crippen LogP contribution in [0.3, 0.4) is 0 Å². The molecule has 1 N–H and O–H groups in total. The van der Waals surface area contributed by atoms with E-state index in [0.717, 1.165) is 36.5 Å². The number of benzene rings is 1. The summed E-state index contributed by atoms with van der Waals surface area (Å²) in [5, 5.41) is 6.54. The van der Waals surface area contributed by atoms with Crippen LogP contribution >= 0.6 is 11.3 Å². The minimum Gasteiger partial charge on any atom is -0.302 e. The van der Waals surface area contributed by atoms with Gasteiger partial charge in [0.1, 0.15) is 0 Å². The van der Waals surface area contributed by atoms with Crippen LogP contribution in [0, 0.1) is 0 Å². The summed E-state index contributed by atoms with van der Waals surface area (Å²) in [6.07, 6.45) is -1.85. The van der Waals surface area contributed by atoms with Crippen LogP contribution in [0.4, 0.5) is 18.3 Å². The van der Waals surface area contributed by atoms with E-state index < -0.39 is 27.6 Å². The maximum atomic E-state index is 13.0. The number of aryl methyl sites for hydroxylation is 1. The van der Waals surface area contributed by atoms with E-state index in [2.05, 4.69) is 15.4 Å². The van der Waals surface area contributed by atoms with Crippen LogP contribution in [0.5, 0.6) is 0 Å². The summed E-state index contributed by atoms with van der Waals surface area (Å²) in [5.41, 5.74) is 0.0988. The van der Waals surface area contributed by atoms with Gasteiger partial charge in [0.25, 0.3) is 0 Å². The highest BCUT2D eigenvalue weighted by molar-refractivity contribution is 7.90. The number of rotatable bonds is 6. The molecule has 0 aliphatic heterocycles. The fourth-order valence-electron chi connectivity index (χ4n) is 3.03. The van der Waals surface area contributed by atoms with Crippen LogP contribution in [0.15, 0.2) is 29.2 Å². The van der Waals surface area contributed by atoms with Gasteiger partial charge in [-0.15, -0.1) is 0 Å². The second-order valence-electron chi connectivity index (χ2n) is 7.17. The number of anilines is 1. The molecule has 1 aliphatic rings. The van der Waals surface area contributed by atoms with Gasteiger partial charge >= 0.3 is 6.18 Å². The van der Waals surface area contributed by atoms with Crippen LogP contribution < -0.4 is 5.32 Å². The number of carbonyl (C=O) groups is 1. The Balaban J connectivity index is 1.45. The van der Waals surface area contributed by atoms with Crippen molar-refractivity contribution in [2.24, 2.45) is 0 Å². The number of hydrogen-bond acceptors (Lipinski definition) is 6. The molecule has 1 saturated carbocycles. The zero-order chi connectivity index (χ0) is 21.7. The number of fused-ring (bicyclic) bond motifs is 1. The molecule has 1 aliphatic carbocycles. The van der Waals surface area contributed by atoms with Crippen LogP contribution in [-0.4, -0.2) is 35.3 Å². The molecule has 4 rings (SSSR count). The average Bonchev–Trinajstić information content (AvgIpc) is 3.24. The Morgan fingerprint density at radius 1 is 1.30 bits per heavy atom. The van der Waals surface area contributed by atoms with Crippen molar-refractivity contribution in [2.45, 2.75) is 42.8 Å². The maximum absolute atomic E-state index is 13.0. The molecule has 12 heteroatoms. The van der Waals surface area contributed by atoms with Crippen LogP contribution in [0.1, 0.15) is 36.6 Å². The van der Waals surface area contributed by atoms with E-state index in [9.17, 15) is 26.4 Å². The Morgan fingerprint density at radius 3 is 2.67 bits per heavy atom. The average molecular weight is 458 g/mol. The lowest BCUT2D eigenvalue weighted by Crippen LogP contribution is -2.16. The highest BCUT2D eigenvalue weighted by Crippen LogP contribution is 2.42. The van der Waals surface area contributed by atoms with E-state index in [0.29, 0.717) is 21.0 Å². The van der Waals surface area contributed by atoms with Crippen molar-refractivity contribution in [3.8, 4) is 0 Å². The molecule has 160 valence electrons. The molecule has 7 nitrogen and oxygen atoms in total. The fraction of sp³-hybridized carbons (Fsp3) is 0.389. The minimum atomic E-state index is -4.52. The Kier molecular flexibility index (Phi) is 5.09. The van der Waals surface area contributed by atoms with Gasteiger partial charge in [-0.25, -0.2) is 13.4 Å². The van der Waals surface area contributed by atoms with E-state index in [4.69, 9.17) is 0 Å². The quantitative estimate of drug-likeness (QED) is 0.606. The number of halogens is 3. The molecule has 2 aromatic heterocycles. The van der Waals surface area contributed by atoms with E-state index in [1.54, 1.807) is 6.07 Å². The molecule has 0 radical (unpaired) electrons. The lowest BCUT2D eigenvalue weighted by molar-refractivity contribution is -0.141. The molecule has 0 unspecified atom stereocenters. The number of nitrogens with one attached hydrogen (secondary N) is 1. The number of thiazole rings is 1. The molecule has 0 spiro atoms. The van der Waals surface area contributed by atoms with Gasteiger partial charge in [0.05, 0.1) is 15.1 Å². The SMILES string of the molecule is CS(=O)(=O)c1ccc2nc(NC(=O)CCn3nc(C(F)(F)F)cc3C3CC3)sc2c1. The standard InChI is InChI=1S/C18H17F3N4O3S2/c1-30(27,28)11-4-5-12-14(8-11)29-17(22-12)23-16(26)6-7-25-13(10-2-3-10)9-15(24-25)18(19,20)21/h4-5,8-10H,2-3,6-7H2,1H3,(H,22,23,26). The molecule has 1 aromatic carbocycles. The molecule has 1 fully saturated rings. The third kappa shape index (κ3) is 4.48. The highest BCUT2D eigenvalue weighted by atomic mass is 32.2. The monoisotopic (exact) mass is 458 g/mol. The Hall–Kier alpha value is -2.47. The molecule has 0 saturated heterocycles. The Bertz CT molecular complexity index is 1230. The second-order valence-corrected chi connectivity index (χ2v) is 10.2. The van der Waals surface area contributed by atoms with Crippen LogP contribution in [0.25, 0.3) is 10.2 Å². The molecular weight excluding hydrogens is 441 g/mol. The highest BCUT2D eigenvalue weighted by Gasteiger charge is 2.37. The first-order valence-electron chi connectivity index (χ1n) is 9.06. The van der Waals surface area contributed by atoms with E-state index >= 15 is 0 Å². The summed E-state index contributed by atoms with van der Waals surface area (Å²) >= 11 is 1.12. The van der Waals surface area contributed by atoms with Crippen molar-refractivity contribution in [1.82, 2.24) is 14.8 Å². The van der Waals surface area contributed by atoms with Gasteiger partial charge in [0.2, 0.25) is 5.91 Å². The zero-order valence-corrected chi connectivity index (χ0v) is 17.4. The normalized spacial score (nSPS) is 14.9. The topological polar surface area (TPSA) is 94.0 Å². The van der Waals surface area contributed by atoms with Gasteiger partial charge in [-0.1, -0.05) is 11.3 Å².